The first-order chi connectivity index (χ1) is 8.58. The highest BCUT2D eigenvalue weighted by molar-refractivity contribution is 5.96. The zero-order valence-electron chi connectivity index (χ0n) is 9.65. The molecule has 0 aromatic heterocycles. The summed E-state index contributed by atoms with van der Waals surface area (Å²) in [5.41, 5.74) is 0.660. The first-order valence-electron chi connectivity index (χ1n) is 5.63. The van der Waals surface area contributed by atoms with E-state index in [4.69, 9.17) is 5.11 Å². The molecule has 2 rings (SSSR count). The van der Waals surface area contributed by atoms with Crippen LogP contribution in [-0.4, -0.2) is 30.1 Å². The topological polar surface area (TPSA) is 69.6 Å². The molecule has 1 aromatic carbocycles. The van der Waals surface area contributed by atoms with Gasteiger partial charge in [-0.05, 0) is 12.1 Å². The first kappa shape index (κ1) is 12.3. The van der Waals surface area contributed by atoms with Crippen molar-refractivity contribution in [2.45, 2.75) is 12.8 Å². The highest BCUT2D eigenvalue weighted by Crippen LogP contribution is 2.31. The molecule has 0 aliphatic carbocycles. The minimum Gasteiger partial charge on any atom is -0.481 e. The molecule has 96 valence electrons. The van der Waals surface area contributed by atoms with Crippen LogP contribution < -0.4 is 10.2 Å². The monoisotopic (exact) mass is 252 g/mol. The Morgan fingerprint density at radius 3 is 3.00 bits per heavy atom. The molecule has 1 heterocycles. The summed E-state index contributed by atoms with van der Waals surface area (Å²) < 4.78 is 13.8. The molecular weight excluding hydrogens is 239 g/mol. The molecule has 1 amide bonds. The van der Waals surface area contributed by atoms with Crippen molar-refractivity contribution in [2.24, 2.45) is 0 Å². The van der Waals surface area contributed by atoms with Gasteiger partial charge in [0.15, 0.2) is 0 Å². The van der Waals surface area contributed by atoms with Gasteiger partial charge in [0, 0.05) is 19.5 Å². The highest BCUT2D eigenvalue weighted by atomic mass is 19.1. The number of aliphatic carboxylic acids is 1. The molecule has 0 unspecified atom stereocenters. The van der Waals surface area contributed by atoms with E-state index >= 15 is 0 Å². The summed E-state index contributed by atoms with van der Waals surface area (Å²) in [5.74, 6) is -1.60. The number of carbonyl (C=O) groups excluding carboxylic acids is 1. The molecule has 5 nitrogen and oxygen atoms in total. The van der Waals surface area contributed by atoms with E-state index in [2.05, 4.69) is 5.32 Å². The summed E-state index contributed by atoms with van der Waals surface area (Å²) in [7, 11) is 0. The van der Waals surface area contributed by atoms with Crippen molar-refractivity contribution in [3.05, 3.63) is 24.0 Å². The van der Waals surface area contributed by atoms with Gasteiger partial charge in [0.1, 0.15) is 5.82 Å². The molecule has 2 N–H and O–H groups in total. The Hall–Kier alpha value is -2.11. The molecule has 0 spiro atoms. The van der Waals surface area contributed by atoms with E-state index < -0.39 is 11.8 Å². The largest absolute Gasteiger partial charge is 0.481 e. The summed E-state index contributed by atoms with van der Waals surface area (Å²) in [6, 6.07) is 4.41. The zero-order valence-corrected chi connectivity index (χ0v) is 9.65. The second kappa shape index (κ2) is 5.03. The Kier molecular flexibility index (Phi) is 3.45. The lowest BCUT2D eigenvalue weighted by Gasteiger charge is -2.23. The van der Waals surface area contributed by atoms with Crippen LogP contribution in [-0.2, 0) is 9.59 Å². The van der Waals surface area contributed by atoms with Gasteiger partial charge in [0.2, 0.25) is 5.91 Å². The normalized spacial score (nSPS) is 14.7. The van der Waals surface area contributed by atoms with Crippen molar-refractivity contribution in [1.29, 1.82) is 0 Å². The maximum atomic E-state index is 13.8. The number of anilines is 2. The highest BCUT2D eigenvalue weighted by Gasteiger charge is 2.22. The molecule has 0 atom stereocenters. The Morgan fingerprint density at radius 1 is 1.50 bits per heavy atom. The number of carboxylic acids is 1. The SMILES string of the molecule is O=C(O)CCN1CCC(=O)Nc2cccc(F)c21. The number of rotatable bonds is 3. The van der Waals surface area contributed by atoms with Crippen LogP contribution in [0.3, 0.4) is 0 Å². The van der Waals surface area contributed by atoms with Crippen LogP contribution in [0.25, 0.3) is 0 Å². The van der Waals surface area contributed by atoms with Gasteiger partial charge in [-0.1, -0.05) is 6.07 Å². The lowest BCUT2D eigenvalue weighted by atomic mass is 10.2. The number of hydrogen-bond acceptors (Lipinski definition) is 3. The number of hydrogen-bond donors (Lipinski definition) is 2. The molecule has 18 heavy (non-hydrogen) atoms. The van der Waals surface area contributed by atoms with Gasteiger partial charge in [-0.25, -0.2) is 4.39 Å². The molecule has 1 aliphatic heterocycles. The third-order valence-electron chi connectivity index (χ3n) is 2.78. The molecule has 0 radical (unpaired) electrons. The van der Waals surface area contributed by atoms with Crippen molar-refractivity contribution in [3.8, 4) is 0 Å². The van der Waals surface area contributed by atoms with Crippen LogP contribution in [0.15, 0.2) is 18.2 Å². The average Bonchev–Trinajstić information content (AvgIpc) is 2.46. The van der Waals surface area contributed by atoms with Gasteiger partial charge in [0.25, 0.3) is 0 Å². The Balaban J connectivity index is 2.32. The molecule has 0 bridgehead atoms. The number of amides is 1. The maximum Gasteiger partial charge on any atom is 0.305 e. The van der Waals surface area contributed by atoms with E-state index in [0.717, 1.165) is 0 Å². The molecule has 6 heteroatoms. The molecular formula is C12H13FN2O3. The summed E-state index contributed by atoms with van der Waals surface area (Å²) in [6.07, 6.45) is 0.121. The van der Waals surface area contributed by atoms with Crippen molar-refractivity contribution >= 4 is 23.3 Å². The molecule has 0 fully saturated rings. The Labute approximate surface area is 103 Å². The van der Waals surface area contributed by atoms with E-state index in [-0.39, 0.29) is 31.0 Å². The second-order valence-electron chi connectivity index (χ2n) is 4.06. The van der Waals surface area contributed by atoms with E-state index in [9.17, 15) is 14.0 Å². The van der Waals surface area contributed by atoms with Gasteiger partial charge in [-0.3, -0.25) is 9.59 Å². The van der Waals surface area contributed by atoms with Crippen LogP contribution in [0.1, 0.15) is 12.8 Å². The van der Waals surface area contributed by atoms with Crippen LogP contribution in [0.4, 0.5) is 15.8 Å². The predicted octanol–water partition coefficient (Wildman–Crippen LogP) is 1.45. The van der Waals surface area contributed by atoms with E-state index in [1.54, 1.807) is 11.0 Å². The number of halogens is 1. The molecule has 1 aliphatic rings. The van der Waals surface area contributed by atoms with Gasteiger partial charge in [0.05, 0.1) is 17.8 Å². The van der Waals surface area contributed by atoms with Crippen molar-refractivity contribution in [1.82, 2.24) is 0 Å². The van der Waals surface area contributed by atoms with Gasteiger partial charge in [-0.2, -0.15) is 0 Å². The number of nitrogens with zero attached hydrogens (tertiary/aromatic N) is 1. The Bertz CT molecular complexity index is 490. The van der Waals surface area contributed by atoms with E-state index in [0.29, 0.717) is 12.2 Å². The standard InChI is InChI=1S/C12H13FN2O3/c13-8-2-1-3-9-12(8)15(7-5-11(17)18)6-4-10(16)14-9/h1-3H,4-7H2,(H,14,16)(H,17,18). The van der Waals surface area contributed by atoms with Crippen molar-refractivity contribution < 1.29 is 19.1 Å². The number of carbonyl (C=O) groups is 2. The van der Waals surface area contributed by atoms with Crippen LogP contribution in [0.2, 0.25) is 0 Å². The summed E-state index contributed by atoms with van der Waals surface area (Å²) in [5, 5.41) is 11.3. The quantitative estimate of drug-likeness (QED) is 0.854. The third kappa shape index (κ3) is 2.58. The number of fused-ring (bicyclic) bond motifs is 1. The molecule has 1 aromatic rings. The minimum atomic E-state index is -0.948. The van der Waals surface area contributed by atoms with E-state index in [1.165, 1.54) is 12.1 Å². The smallest absolute Gasteiger partial charge is 0.305 e. The fraction of sp³-hybridized carbons (Fsp3) is 0.333. The maximum absolute atomic E-state index is 13.8. The van der Waals surface area contributed by atoms with Crippen LogP contribution in [0.5, 0.6) is 0 Å². The van der Waals surface area contributed by atoms with Gasteiger partial charge < -0.3 is 15.3 Å². The van der Waals surface area contributed by atoms with Gasteiger partial charge >= 0.3 is 5.97 Å². The lowest BCUT2D eigenvalue weighted by Crippen LogP contribution is -2.28. The van der Waals surface area contributed by atoms with Crippen LogP contribution >= 0.6 is 0 Å². The first-order valence-corrected chi connectivity index (χ1v) is 5.63. The summed E-state index contributed by atoms with van der Waals surface area (Å²) in [4.78, 5) is 23.6. The van der Waals surface area contributed by atoms with E-state index in [1.807, 2.05) is 0 Å². The second-order valence-corrected chi connectivity index (χ2v) is 4.06. The minimum absolute atomic E-state index is 0.0953. The van der Waals surface area contributed by atoms with Crippen molar-refractivity contribution in [2.75, 3.05) is 23.3 Å². The molecule has 0 saturated heterocycles. The number of para-hydroxylation sites is 1. The lowest BCUT2D eigenvalue weighted by molar-refractivity contribution is -0.136. The number of nitrogens with one attached hydrogen (secondary N) is 1. The Morgan fingerprint density at radius 2 is 2.28 bits per heavy atom. The predicted molar refractivity (Wildman–Crippen MR) is 64.1 cm³/mol. The number of carboxylic acid groups (broad SMARTS) is 1. The third-order valence-corrected chi connectivity index (χ3v) is 2.78. The van der Waals surface area contributed by atoms with Gasteiger partial charge in [-0.15, -0.1) is 0 Å². The van der Waals surface area contributed by atoms with Crippen LogP contribution in [0, 0.1) is 5.82 Å². The fourth-order valence-corrected chi connectivity index (χ4v) is 1.95. The van der Waals surface area contributed by atoms with Crippen molar-refractivity contribution in [3.63, 3.8) is 0 Å². The zero-order chi connectivity index (χ0) is 13.1. The summed E-state index contributed by atoms with van der Waals surface area (Å²) >= 11 is 0. The average molecular weight is 252 g/mol. The molecule has 0 saturated carbocycles. The fourth-order valence-electron chi connectivity index (χ4n) is 1.95. The number of benzene rings is 1. The summed E-state index contributed by atoms with van der Waals surface area (Å²) in [6.45, 7) is 0.491.